The smallest absolute Gasteiger partial charge is 0.237 e. The molecule has 0 bridgehead atoms. The van der Waals surface area contributed by atoms with Crippen LogP contribution in [0.3, 0.4) is 0 Å². The molecule has 92 valence electrons. The van der Waals surface area contributed by atoms with Crippen molar-refractivity contribution < 1.29 is 4.79 Å². The van der Waals surface area contributed by atoms with Crippen molar-refractivity contribution in [3.63, 3.8) is 0 Å². The molecule has 3 nitrogen and oxygen atoms in total. The molecule has 1 amide bonds. The van der Waals surface area contributed by atoms with E-state index in [1.807, 2.05) is 6.92 Å². The zero-order valence-electron chi connectivity index (χ0n) is 10.5. The van der Waals surface area contributed by atoms with Gasteiger partial charge in [0.1, 0.15) is 0 Å². The van der Waals surface area contributed by atoms with Crippen LogP contribution in [0.5, 0.6) is 0 Å². The Hall–Kier alpha value is -0.830. The Kier molecular flexibility index (Phi) is 5.53. The van der Waals surface area contributed by atoms with Crippen molar-refractivity contribution in [2.45, 2.75) is 39.2 Å². The van der Waals surface area contributed by atoms with E-state index in [4.69, 9.17) is 0 Å². The van der Waals surface area contributed by atoms with Crippen LogP contribution in [0.2, 0.25) is 0 Å². The van der Waals surface area contributed by atoms with E-state index in [1.165, 1.54) is 19.3 Å². The Morgan fingerprint density at radius 1 is 1.56 bits per heavy atom. The summed E-state index contributed by atoms with van der Waals surface area (Å²) in [5.41, 5.74) is 0. The van der Waals surface area contributed by atoms with E-state index in [0.717, 1.165) is 18.4 Å². The summed E-state index contributed by atoms with van der Waals surface area (Å²) in [7, 11) is 0. The molecule has 0 aromatic rings. The van der Waals surface area contributed by atoms with Crippen LogP contribution >= 0.6 is 0 Å². The Morgan fingerprint density at radius 3 is 2.88 bits per heavy atom. The van der Waals surface area contributed by atoms with Crippen LogP contribution in [0, 0.1) is 11.8 Å². The Morgan fingerprint density at radius 2 is 2.31 bits per heavy atom. The summed E-state index contributed by atoms with van der Waals surface area (Å²) in [6, 6.07) is -0.104. The summed E-state index contributed by atoms with van der Waals surface area (Å²) < 4.78 is 0. The summed E-state index contributed by atoms with van der Waals surface area (Å²) in [6.45, 7) is 9.31. The van der Waals surface area contributed by atoms with E-state index < -0.39 is 0 Å². The molecule has 0 heterocycles. The molecule has 1 saturated carbocycles. The first-order chi connectivity index (χ1) is 7.65. The molecule has 2 N–H and O–H groups in total. The lowest BCUT2D eigenvalue weighted by Crippen LogP contribution is -2.44. The van der Waals surface area contributed by atoms with Gasteiger partial charge in [-0.1, -0.05) is 25.8 Å². The minimum atomic E-state index is -0.104. The van der Waals surface area contributed by atoms with Crippen molar-refractivity contribution in [1.29, 1.82) is 0 Å². The van der Waals surface area contributed by atoms with Gasteiger partial charge in [-0.2, -0.15) is 0 Å². The molecule has 16 heavy (non-hydrogen) atoms. The molecule has 0 aromatic heterocycles. The second-order valence-corrected chi connectivity index (χ2v) is 4.83. The van der Waals surface area contributed by atoms with Crippen LogP contribution < -0.4 is 10.6 Å². The number of carbonyl (C=O) groups excluding carboxylic acids is 1. The standard InChI is InChI=1S/C13H24N2O/c1-4-8-14-13(16)11(3)15-9-12-7-5-6-10(12)2/h4,10-12,15H,1,5-9H2,2-3H3,(H,14,16). The van der Waals surface area contributed by atoms with Crippen LogP contribution in [-0.4, -0.2) is 25.0 Å². The van der Waals surface area contributed by atoms with Gasteiger partial charge in [-0.15, -0.1) is 6.58 Å². The van der Waals surface area contributed by atoms with Crippen molar-refractivity contribution in [2.75, 3.05) is 13.1 Å². The van der Waals surface area contributed by atoms with Gasteiger partial charge in [-0.3, -0.25) is 4.79 Å². The topological polar surface area (TPSA) is 41.1 Å². The summed E-state index contributed by atoms with van der Waals surface area (Å²) in [5.74, 6) is 1.61. The molecular weight excluding hydrogens is 200 g/mol. The normalized spacial score (nSPS) is 26.4. The van der Waals surface area contributed by atoms with Crippen LogP contribution in [0.4, 0.5) is 0 Å². The van der Waals surface area contributed by atoms with Gasteiger partial charge in [-0.25, -0.2) is 0 Å². The molecule has 3 atom stereocenters. The van der Waals surface area contributed by atoms with Crippen LogP contribution in [0.25, 0.3) is 0 Å². The Balaban J connectivity index is 2.20. The number of rotatable bonds is 6. The van der Waals surface area contributed by atoms with Gasteiger partial charge in [0.2, 0.25) is 5.91 Å². The van der Waals surface area contributed by atoms with Gasteiger partial charge in [-0.05, 0) is 31.7 Å². The van der Waals surface area contributed by atoms with Crippen molar-refractivity contribution in [1.82, 2.24) is 10.6 Å². The zero-order valence-corrected chi connectivity index (χ0v) is 10.5. The highest BCUT2D eigenvalue weighted by Gasteiger charge is 2.24. The van der Waals surface area contributed by atoms with E-state index in [-0.39, 0.29) is 11.9 Å². The summed E-state index contributed by atoms with van der Waals surface area (Å²) in [6.07, 6.45) is 5.67. The SMILES string of the molecule is C=CCNC(=O)C(C)NCC1CCCC1C. The quantitative estimate of drug-likeness (QED) is 0.674. The van der Waals surface area contributed by atoms with Crippen molar-refractivity contribution in [3.8, 4) is 0 Å². The first kappa shape index (κ1) is 13.2. The van der Waals surface area contributed by atoms with E-state index in [9.17, 15) is 4.79 Å². The van der Waals surface area contributed by atoms with Gasteiger partial charge in [0.15, 0.2) is 0 Å². The minimum absolute atomic E-state index is 0.0607. The number of carbonyl (C=O) groups is 1. The minimum Gasteiger partial charge on any atom is -0.351 e. The predicted molar refractivity (Wildman–Crippen MR) is 67.2 cm³/mol. The monoisotopic (exact) mass is 224 g/mol. The number of nitrogens with one attached hydrogen (secondary N) is 2. The van der Waals surface area contributed by atoms with E-state index >= 15 is 0 Å². The highest BCUT2D eigenvalue weighted by molar-refractivity contribution is 5.81. The molecule has 1 fully saturated rings. The third-order valence-corrected chi connectivity index (χ3v) is 3.54. The molecule has 1 rings (SSSR count). The Bertz CT molecular complexity index is 240. The van der Waals surface area contributed by atoms with Gasteiger partial charge < -0.3 is 10.6 Å². The maximum atomic E-state index is 11.6. The molecule has 0 saturated heterocycles. The first-order valence-electron chi connectivity index (χ1n) is 6.27. The summed E-state index contributed by atoms with van der Waals surface area (Å²) in [4.78, 5) is 11.6. The highest BCUT2D eigenvalue weighted by atomic mass is 16.2. The van der Waals surface area contributed by atoms with Gasteiger partial charge in [0, 0.05) is 6.54 Å². The lowest BCUT2D eigenvalue weighted by Gasteiger charge is -2.19. The molecular formula is C13H24N2O. The van der Waals surface area contributed by atoms with Gasteiger partial charge in [0.25, 0.3) is 0 Å². The average Bonchev–Trinajstić information content (AvgIpc) is 2.68. The third-order valence-electron chi connectivity index (χ3n) is 3.54. The van der Waals surface area contributed by atoms with Crippen molar-refractivity contribution in [2.24, 2.45) is 11.8 Å². The molecule has 1 aliphatic rings. The van der Waals surface area contributed by atoms with E-state index in [2.05, 4.69) is 24.1 Å². The van der Waals surface area contributed by atoms with Gasteiger partial charge >= 0.3 is 0 Å². The van der Waals surface area contributed by atoms with Crippen molar-refractivity contribution >= 4 is 5.91 Å². The maximum Gasteiger partial charge on any atom is 0.237 e. The van der Waals surface area contributed by atoms with E-state index in [1.54, 1.807) is 6.08 Å². The lowest BCUT2D eigenvalue weighted by molar-refractivity contribution is -0.122. The van der Waals surface area contributed by atoms with E-state index in [0.29, 0.717) is 6.54 Å². The van der Waals surface area contributed by atoms with Crippen LogP contribution in [0.15, 0.2) is 12.7 Å². The first-order valence-corrected chi connectivity index (χ1v) is 6.27. The third kappa shape index (κ3) is 3.97. The molecule has 3 heteroatoms. The second-order valence-electron chi connectivity index (χ2n) is 4.83. The number of hydrogen-bond acceptors (Lipinski definition) is 2. The average molecular weight is 224 g/mol. The number of amides is 1. The second kappa shape index (κ2) is 6.69. The summed E-state index contributed by atoms with van der Waals surface area (Å²) >= 11 is 0. The molecule has 0 spiro atoms. The largest absolute Gasteiger partial charge is 0.351 e. The molecule has 0 aliphatic heterocycles. The van der Waals surface area contributed by atoms with Crippen molar-refractivity contribution in [3.05, 3.63) is 12.7 Å². The molecule has 0 aromatic carbocycles. The fourth-order valence-electron chi connectivity index (χ4n) is 2.27. The maximum absolute atomic E-state index is 11.6. The molecule has 1 aliphatic carbocycles. The fraction of sp³-hybridized carbons (Fsp3) is 0.769. The Labute approximate surface area is 98.7 Å². The van der Waals surface area contributed by atoms with Crippen LogP contribution in [-0.2, 0) is 4.79 Å². The fourth-order valence-corrected chi connectivity index (χ4v) is 2.27. The molecule has 0 radical (unpaired) electrons. The zero-order chi connectivity index (χ0) is 12.0. The highest BCUT2D eigenvalue weighted by Crippen LogP contribution is 2.30. The lowest BCUT2D eigenvalue weighted by atomic mass is 9.98. The van der Waals surface area contributed by atoms with Crippen LogP contribution in [0.1, 0.15) is 33.1 Å². The van der Waals surface area contributed by atoms with Gasteiger partial charge in [0.05, 0.1) is 6.04 Å². The summed E-state index contributed by atoms with van der Waals surface area (Å²) in [5, 5.41) is 6.12. The number of hydrogen-bond donors (Lipinski definition) is 2. The molecule has 3 unspecified atom stereocenters. The predicted octanol–water partition coefficient (Wildman–Crippen LogP) is 1.70.